The summed E-state index contributed by atoms with van der Waals surface area (Å²) in [5.74, 6) is -0.352. The van der Waals surface area contributed by atoms with Gasteiger partial charge in [-0.3, -0.25) is 4.79 Å². The monoisotopic (exact) mass is 353 g/mol. The van der Waals surface area contributed by atoms with Crippen LogP contribution in [0.4, 0.5) is 5.69 Å². The highest BCUT2D eigenvalue weighted by Crippen LogP contribution is 2.28. The molecular formula is C24H19NO2. The molecule has 3 heteroatoms. The Morgan fingerprint density at radius 1 is 0.778 bits per heavy atom. The van der Waals surface area contributed by atoms with Crippen molar-refractivity contribution in [3.63, 3.8) is 0 Å². The van der Waals surface area contributed by atoms with Crippen LogP contribution in [-0.4, -0.2) is 11.0 Å². The van der Waals surface area contributed by atoms with Crippen LogP contribution in [0.3, 0.4) is 0 Å². The SMILES string of the molecule is Cc1ccc(-c2ccccc2)cc1NC(=O)c1cc2ccccc2cc1O. The molecule has 132 valence electrons. The second-order valence-electron chi connectivity index (χ2n) is 6.57. The molecule has 3 nitrogen and oxygen atoms in total. The molecule has 0 aliphatic carbocycles. The van der Waals surface area contributed by atoms with E-state index in [1.165, 1.54) is 0 Å². The first kappa shape index (κ1) is 16.9. The summed E-state index contributed by atoms with van der Waals surface area (Å²) in [6.07, 6.45) is 0. The van der Waals surface area contributed by atoms with E-state index >= 15 is 0 Å². The number of carbonyl (C=O) groups excluding carboxylic acids is 1. The molecule has 0 bridgehead atoms. The Balaban J connectivity index is 1.68. The number of phenols is 1. The van der Waals surface area contributed by atoms with Crippen molar-refractivity contribution in [3.05, 3.63) is 96.1 Å². The number of phenolic OH excluding ortho intramolecular Hbond substituents is 1. The molecule has 0 aliphatic rings. The maximum absolute atomic E-state index is 12.8. The van der Waals surface area contributed by atoms with Crippen LogP contribution in [-0.2, 0) is 0 Å². The Bertz CT molecular complexity index is 1130. The standard InChI is InChI=1S/C24H19NO2/c1-16-11-12-20(17-7-3-2-4-8-17)14-22(16)25-24(27)21-13-18-9-5-6-10-19(18)15-23(21)26/h2-15,26H,1H3,(H,25,27). The van der Waals surface area contributed by atoms with Crippen LogP contribution in [0, 0.1) is 6.92 Å². The third-order valence-electron chi connectivity index (χ3n) is 4.70. The topological polar surface area (TPSA) is 49.3 Å². The van der Waals surface area contributed by atoms with Crippen molar-refractivity contribution in [2.45, 2.75) is 6.92 Å². The van der Waals surface area contributed by atoms with Crippen LogP contribution in [0.25, 0.3) is 21.9 Å². The minimum Gasteiger partial charge on any atom is -0.507 e. The fourth-order valence-electron chi connectivity index (χ4n) is 3.17. The normalized spacial score (nSPS) is 10.7. The maximum atomic E-state index is 12.8. The summed E-state index contributed by atoms with van der Waals surface area (Å²) >= 11 is 0. The molecule has 1 amide bonds. The first-order valence-electron chi connectivity index (χ1n) is 8.81. The molecule has 0 heterocycles. The molecule has 0 fully saturated rings. The van der Waals surface area contributed by atoms with E-state index in [4.69, 9.17) is 0 Å². The van der Waals surface area contributed by atoms with Crippen molar-refractivity contribution >= 4 is 22.4 Å². The smallest absolute Gasteiger partial charge is 0.259 e. The van der Waals surface area contributed by atoms with Crippen molar-refractivity contribution in [1.82, 2.24) is 0 Å². The first-order valence-corrected chi connectivity index (χ1v) is 8.81. The Morgan fingerprint density at radius 3 is 2.19 bits per heavy atom. The molecule has 0 unspecified atom stereocenters. The zero-order chi connectivity index (χ0) is 18.8. The number of aryl methyl sites for hydroxylation is 1. The van der Waals surface area contributed by atoms with Crippen LogP contribution in [0.2, 0.25) is 0 Å². The Kier molecular flexibility index (Phi) is 4.35. The molecule has 2 N–H and O–H groups in total. The fourth-order valence-corrected chi connectivity index (χ4v) is 3.17. The molecule has 0 spiro atoms. The van der Waals surface area contributed by atoms with Gasteiger partial charge >= 0.3 is 0 Å². The lowest BCUT2D eigenvalue weighted by Gasteiger charge is -2.12. The summed E-state index contributed by atoms with van der Waals surface area (Å²) in [5, 5.41) is 15.1. The lowest BCUT2D eigenvalue weighted by molar-refractivity contribution is 0.102. The molecule has 4 aromatic carbocycles. The quantitative estimate of drug-likeness (QED) is 0.491. The number of benzene rings is 4. The average Bonchev–Trinajstić information content (AvgIpc) is 2.69. The predicted molar refractivity (Wildman–Crippen MR) is 110 cm³/mol. The largest absolute Gasteiger partial charge is 0.507 e. The Hall–Kier alpha value is -3.59. The van der Waals surface area contributed by atoms with E-state index in [-0.39, 0.29) is 17.2 Å². The van der Waals surface area contributed by atoms with E-state index in [9.17, 15) is 9.90 Å². The van der Waals surface area contributed by atoms with Gasteiger partial charge in [-0.2, -0.15) is 0 Å². The van der Waals surface area contributed by atoms with Gasteiger partial charge in [0.2, 0.25) is 0 Å². The van der Waals surface area contributed by atoms with E-state index in [2.05, 4.69) is 5.32 Å². The van der Waals surface area contributed by atoms with E-state index in [1.54, 1.807) is 12.1 Å². The Labute approximate surface area is 157 Å². The van der Waals surface area contributed by atoms with Crippen LogP contribution in [0.1, 0.15) is 15.9 Å². The molecule has 0 aliphatic heterocycles. The highest BCUT2D eigenvalue weighted by Gasteiger charge is 2.14. The summed E-state index contributed by atoms with van der Waals surface area (Å²) in [4.78, 5) is 12.8. The van der Waals surface area contributed by atoms with Crippen LogP contribution in [0.5, 0.6) is 5.75 Å². The number of aromatic hydroxyl groups is 1. The van der Waals surface area contributed by atoms with Crippen molar-refractivity contribution in [1.29, 1.82) is 0 Å². The maximum Gasteiger partial charge on any atom is 0.259 e. The first-order chi connectivity index (χ1) is 13.1. The van der Waals surface area contributed by atoms with Crippen molar-refractivity contribution in [2.24, 2.45) is 0 Å². The number of hydrogen-bond acceptors (Lipinski definition) is 2. The van der Waals surface area contributed by atoms with Crippen molar-refractivity contribution in [3.8, 4) is 16.9 Å². The molecule has 0 saturated carbocycles. The number of fused-ring (bicyclic) bond motifs is 1. The average molecular weight is 353 g/mol. The van der Waals surface area contributed by atoms with Gasteiger partial charge in [-0.25, -0.2) is 0 Å². The van der Waals surface area contributed by atoms with Crippen LogP contribution >= 0.6 is 0 Å². The Morgan fingerprint density at radius 2 is 1.44 bits per heavy atom. The number of hydrogen-bond donors (Lipinski definition) is 2. The summed E-state index contributed by atoms with van der Waals surface area (Å²) in [7, 11) is 0. The molecular weight excluding hydrogens is 334 g/mol. The van der Waals surface area contributed by atoms with Crippen LogP contribution in [0.15, 0.2) is 84.9 Å². The lowest BCUT2D eigenvalue weighted by Crippen LogP contribution is -2.13. The molecule has 0 saturated heterocycles. The fraction of sp³-hybridized carbons (Fsp3) is 0.0417. The number of amides is 1. The minimum absolute atomic E-state index is 0.0249. The summed E-state index contributed by atoms with van der Waals surface area (Å²) in [6.45, 7) is 1.95. The second-order valence-corrected chi connectivity index (χ2v) is 6.57. The van der Waals surface area contributed by atoms with Gasteiger partial charge in [0.15, 0.2) is 0 Å². The third-order valence-corrected chi connectivity index (χ3v) is 4.70. The number of rotatable bonds is 3. The van der Waals surface area contributed by atoms with Gasteiger partial charge in [0.25, 0.3) is 5.91 Å². The van der Waals surface area contributed by atoms with Gasteiger partial charge in [-0.05, 0) is 52.6 Å². The van der Waals surface area contributed by atoms with Gasteiger partial charge in [0, 0.05) is 5.69 Å². The molecule has 4 aromatic rings. The zero-order valence-electron chi connectivity index (χ0n) is 14.9. The van der Waals surface area contributed by atoms with Crippen molar-refractivity contribution < 1.29 is 9.90 Å². The van der Waals surface area contributed by atoms with Gasteiger partial charge in [0.1, 0.15) is 5.75 Å². The number of carbonyl (C=O) groups is 1. The van der Waals surface area contributed by atoms with Gasteiger partial charge in [0.05, 0.1) is 5.56 Å². The van der Waals surface area contributed by atoms with E-state index < -0.39 is 0 Å². The molecule has 4 rings (SSSR count). The van der Waals surface area contributed by atoms with Crippen molar-refractivity contribution in [2.75, 3.05) is 5.32 Å². The molecule has 27 heavy (non-hydrogen) atoms. The van der Waals surface area contributed by atoms with Gasteiger partial charge < -0.3 is 10.4 Å². The van der Waals surface area contributed by atoms with E-state index in [0.29, 0.717) is 0 Å². The van der Waals surface area contributed by atoms with Crippen LogP contribution < -0.4 is 5.32 Å². The third kappa shape index (κ3) is 3.40. The molecule has 0 radical (unpaired) electrons. The summed E-state index contributed by atoms with van der Waals surface area (Å²) in [5.41, 5.74) is 4.07. The predicted octanol–water partition coefficient (Wildman–Crippen LogP) is 5.77. The second kappa shape index (κ2) is 6.96. The summed E-state index contributed by atoms with van der Waals surface area (Å²) < 4.78 is 0. The highest BCUT2D eigenvalue weighted by molar-refractivity contribution is 6.09. The van der Waals surface area contributed by atoms with Gasteiger partial charge in [-0.15, -0.1) is 0 Å². The van der Waals surface area contributed by atoms with E-state index in [1.807, 2.05) is 79.7 Å². The van der Waals surface area contributed by atoms with Gasteiger partial charge in [-0.1, -0.05) is 66.7 Å². The number of nitrogens with one attached hydrogen (secondary N) is 1. The number of anilines is 1. The molecule has 0 atom stereocenters. The highest BCUT2D eigenvalue weighted by atomic mass is 16.3. The van der Waals surface area contributed by atoms with E-state index in [0.717, 1.165) is 33.2 Å². The molecule has 0 aromatic heterocycles. The lowest BCUT2D eigenvalue weighted by atomic mass is 10.0. The zero-order valence-corrected chi connectivity index (χ0v) is 14.9. The summed E-state index contributed by atoms with van der Waals surface area (Å²) in [6, 6.07) is 27.0. The minimum atomic E-state index is -0.327.